The summed E-state index contributed by atoms with van der Waals surface area (Å²) in [5, 5.41) is 5.89. The summed E-state index contributed by atoms with van der Waals surface area (Å²) in [7, 11) is -4.50. The lowest BCUT2D eigenvalue weighted by Gasteiger charge is -2.30. The number of aliphatic imine (C=N–C) groups is 1. The van der Waals surface area contributed by atoms with Gasteiger partial charge in [0.1, 0.15) is 0 Å². The molecule has 3 aromatic rings. The first kappa shape index (κ1) is 25.5. The molecule has 0 saturated carbocycles. The van der Waals surface area contributed by atoms with Gasteiger partial charge in [-0.2, -0.15) is 0 Å². The SMILES string of the molecule is CC(=O)NCCc1ccncc1[C@]1(S(=O)(=O)c2cc(C)c(Cl)cc2C)N=Cc2ccccc2NC1=O. The molecule has 0 unspecified atom stereocenters. The van der Waals surface area contributed by atoms with Gasteiger partial charge in [-0.3, -0.25) is 19.6 Å². The molecule has 0 saturated heterocycles. The third-order valence-corrected chi connectivity index (χ3v) is 8.80. The van der Waals surface area contributed by atoms with Crippen LogP contribution in [-0.4, -0.2) is 38.0 Å². The number of para-hydroxylation sites is 1. The summed E-state index contributed by atoms with van der Waals surface area (Å²) < 4.78 is 29.1. The molecule has 186 valence electrons. The van der Waals surface area contributed by atoms with Gasteiger partial charge in [0.05, 0.1) is 4.90 Å². The molecule has 1 aliphatic heterocycles. The molecule has 2 N–H and O–H groups in total. The number of benzodiazepines with no additional fused rings is 1. The van der Waals surface area contributed by atoms with Gasteiger partial charge >= 0.3 is 0 Å². The highest BCUT2D eigenvalue weighted by molar-refractivity contribution is 7.93. The van der Waals surface area contributed by atoms with Crippen LogP contribution in [0.1, 0.15) is 34.7 Å². The number of hydrogen-bond acceptors (Lipinski definition) is 6. The van der Waals surface area contributed by atoms with Crippen molar-refractivity contribution in [2.45, 2.75) is 37.0 Å². The van der Waals surface area contributed by atoms with Gasteiger partial charge < -0.3 is 10.6 Å². The number of halogens is 1. The molecule has 0 aliphatic carbocycles. The Morgan fingerprint density at radius 1 is 1.14 bits per heavy atom. The smallest absolute Gasteiger partial charge is 0.273 e. The topological polar surface area (TPSA) is 118 Å². The largest absolute Gasteiger partial charge is 0.356 e. The lowest BCUT2D eigenvalue weighted by molar-refractivity contribution is -0.119. The van der Waals surface area contributed by atoms with Crippen molar-refractivity contribution in [3.8, 4) is 0 Å². The van der Waals surface area contributed by atoms with Crippen molar-refractivity contribution in [3.05, 3.63) is 87.7 Å². The number of carbonyl (C=O) groups excluding carboxylic acids is 2. The van der Waals surface area contributed by atoms with Crippen LogP contribution in [-0.2, 0) is 30.7 Å². The number of aromatic nitrogens is 1. The number of nitrogens with one attached hydrogen (secondary N) is 2. The van der Waals surface area contributed by atoms with Gasteiger partial charge in [0.25, 0.3) is 10.8 Å². The molecule has 1 aliphatic rings. The maximum absolute atomic E-state index is 14.5. The van der Waals surface area contributed by atoms with Crippen molar-refractivity contribution in [1.29, 1.82) is 0 Å². The minimum atomic E-state index is -4.50. The minimum absolute atomic E-state index is 0.0562. The van der Waals surface area contributed by atoms with Gasteiger partial charge in [0, 0.05) is 53.9 Å². The number of fused-ring (bicyclic) bond motifs is 1. The Morgan fingerprint density at radius 3 is 2.64 bits per heavy atom. The maximum atomic E-state index is 14.5. The van der Waals surface area contributed by atoms with Gasteiger partial charge in [0.15, 0.2) is 0 Å². The standard InChI is InChI=1S/C26H25ClN4O4S/c1-16-13-24(17(2)12-22(16)27)36(34,35)26(21-15-28-10-8-19(21)9-11-29-18(3)32)25(33)31-23-7-5-4-6-20(23)14-30-26/h4-8,10,12-15H,9,11H2,1-3H3,(H,29,32)(H,31,33)/t26-/m1/s1. The van der Waals surface area contributed by atoms with E-state index in [0.717, 1.165) is 0 Å². The molecule has 2 amide bonds. The van der Waals surface area contributed by atoms with E-state index in [4.69, 9.17) is 11.6 Å². The van der Waals surface area contributed by atoms with Crippen LogP contribution in [0.15, 0.2) is 64.7 Å². The molecule has 0 fully saturated rings. The van der Waals surface area contributed by atoms with Crippen LogP contribution in [0.2, 0.25) is 5.02 Å². The Balaban J connectivity index is 2.01. The van der Waals surface area contributed by atoms with E-state index in [9.17, 15) is 18.0 Å². The molecule has 2 aromatic carbocycles. The fourth-order valence-corrected chi connectivity index (χ4v) is 6.51. The molecule has 10 heteroatoms. The van der Waals surface area contributed by atoms with Crippen LogP contribution in [0.4, 0.5) is 5.69 Å². The minimum Gasteiger partial charge on any atom is -0.356 e. The first-order valence-electron chi connectivity index (χ1n) is 11.2. The Bertz CT molecular complexity index is 1500. The average molecular weight is 525 g/mol. The lowest BCUT2D eigenvalue weighted by atomic mass is 9.99. The van der Waals surface area contributed by atoms with Gasteiger partial charge in [-0.25, -0.2) is 8.42 Å². The Kier molecular flexibility index (Phi) is 6.97. The van der Waals surface area contributed by atoms with Crippen LogP contribution in [0.5, 0.6) is 0 Å². The maximum Gasteiger partial charge on any atom is 0.273 e. The summed E-state index contributed by atoms with van der Waals surface area (Å²) in [5.74, 6) is -1.05. The number of hydrogen-bond donors (Lipinski definition) is 2. The van der Waals surface area contributed by atoms with E-state index in [1.165, 1.54) is 31.6 Å². The van der Waals surface area contributed by atoms with Crippen molar-refractivity contribution >= 4 is 45.2 Å². The van der Waals surface area contributed by atoms with Gasteiger partial charge in [-0.15, -0.1) is 0 Å². The van der Waals surface area contributed by atoms with Crippen molar-refractivity contribution in [1.82, 2.24) is 10.3 Å². The zero-order valence-corrected chi connectivity index (χ0v) is 21.6. The molecule has 0 radical (unpaired) electrons. The van der Waals surface area contributed by atoms with Gasteiger partial charge in [-0.05, 0) is 61.2 Å². The van der Waals surface area contributed by atoms with Crippen molar-refractivity contribution in [2.24, 2.45) is 4.99 Å². The second kappa shape index (κ2) is 9.83. The van der Waals surface area contributed by atoms with E-state index in [-0.39, 0.29) is 29.3 Å². The molecule has 1 aromatic heterocycles. The zero-order chi connectivity index (χ0) is 26.1. The molecular weight excluding hydrogens is 500 g/mol. The first-order valence-corrected chi connectivity index (χ1v) is 13.1. The van der Waals surface area contributed by atoms with Crippen molar-refractivity contribution in [3.63, 3.8) is 0 Å². The number of aryl methyl sites for hydroxylation is 2. The van der Waals surface area contributed by atoms with Crippen molar-refractivity contribution in [2.75, 3.05) is 11.9 Å². The molecule has 4 rings (SSSR count). The fraction of sp³-hybridized carbons (Fsp3) is 0.231. The van der Waals surface area contributed by atoms with E-state index in [1.54, 1.807) is 50.2 Å². The van der Waals surface area contributed by atoms with Crippen LogP contribution in [0.25, 0.3) is 0 Å². The lowest BCUT2D eigenvalue weighted by Crippen LogP contribution is -2.46. The molecule has 1 atom stereocenters. The number of benzene rings is 2. The van der Waals surface area contributed by atoms with E-state index in [0.29, 0.717) is 33.0 Å². The number of sulfone groups is 1. The fourth-order valence-electron chi connectivity index (χ4n) is 4.20. The quantitative estimate of drug-likeness (QED) is 0.509. The normalized spacial score (nSPS) is 17.2. The Hall–Kier alpha value is -3.56. The number of amides is 2. The highest BCUT2D eigenvalue weighted by atomic mass is 35.5. The number of pyridine rings is 1. The number of nitrogens with zero attached hydrogens (tertiary/aromatic N) is 2. The number of carbonyl (C=O) groups is 2. The summed E-state index contributed by atoms with van der Waals surface area (Å²) in [6.45, 7) is 4.96. The van der Waals surface area contributed by atoms with Gasteiger partial charge in [-0.1, -0.05) is 29.8 Å². The van der Waals surface area contributed by atoms with Crippen LogP contribution in [0.3, 0.4) is 0 Å². The summed E-state index contributed by atoms with van der Waals surface area (Å²) in [6, 6.07) is 11.6. The van der Waals surface area contributed by atoms with Gasteiger partial charge in [0.2, 0.25) is 15.7 Å². The van der Waals surface area contributed by atoms with E-state index in [1.807, 2.05) is 0 Å². The molecule has 0 spiro atoms. The Morgan fingerprint density at radius 2 is 1.89 bits per heavy atom. The predicted molar refractivity (Wildman–Crippen MR) is 139 cm³/mol. The Labute approximate surface area is 214 Å². The third-order valence-electron chi connectivity index (χ3n) is 6.08. The van der Waals surface area contributed by atoms with Crippen LogP contribution < -0.4 is 10.6 Å². The second-order valence-corrected chi connectivity index (χ2v) is 11.0. The summed E-state index contributed by atoms with van der Waals surface area (Å²) >= 11 is 6.25. The molecule has 36 heavy (non-hydrogen) atoms. The summed E-state index contributed by atoms with van der Waals surface area (Å²) in [4.78, 5) is 31.6. The van der Waals surface area contributed by atoms with E-state index in [2.05, 4.69) is 20.6 Å². The van der Waals surface area contributed by atoms with E-state index < -0.39 is 20.6 Å². The first-order chi connectivity index (χ1) is 17.1. The summed E-state index contributed by atoms with van der Waals surface area (Å²) in [5.41, 5.74) is 2.58. The highest BCUT2D eigenvalue weighted by Gasteiger charge is 2.55. The second-order valence-electron chi connectivity index (χ2n) is 8.58. The van der Waals surface area contributed by atoms with Crippen LogP contribution in [0, 0.1) is 13.8 Å². The monoisotopic (exact) mass is 524 g/mol. The molecule has 0 bridgehead atoms. The molecule has 2 heterocycles. The highest BCUT2D eigenvalue weighted by Crippen LogP contribution is 2.43. The predicted octanol–water partition coefficient (Wildman–Crippen LogP) is 3.73. The summed E-state index contributed by atoms with van der Waals surface area (Å²) in [6.07, 6.45) is 4.53. The average Bonchev–Trinajstić information content (AvgIpc) is 2.98. The van der Waals surface area contributed by atoms with E-state index >= 15 is 0 Å². The van der Waals surface area contributed by atoms with Crippen molar-refractivity contribution < 1.29 is 18.0 Å². The molecular formula is C26H25ClN4O4S. The molecule has 8 nitrogen and oxygen atoms in total. The third kappa shape index (κ3) is 4.40. The zero-order valence-electron chi connectivity index (χ0n) is 20.0. The van der Waals surface area contributed by atoms with Crippen LogP contribution >= 0.6 is 11.6 Å². The number of rotatable bonds is 6. The number of anilines is 1.